The summed E-state index contributed by atoms with van der Waals surface area (Å²) >= 11 is 3.33. The van der Waals surface area contributed by atoms with Gasteiger partial charge in [-0.1, -0.05) is 12.1 Å². The number of nitrogens with one attached hydrogen (secondary N) is 1. The lowest BCUT2D eigenvalue weighted by Gasteiger charge is -2.15. The van der Waals surface area contributed by atoms with Crippen LogP contribution in [0.2, 0.25) is 0 Å². The minimum Gasteiger partial charge on any atom is -0.508 e. The first kappa shape index (κ1) is 17.6. The van der Waals surface area contributed by atoms with Gasteiger partial charge in [-0.15, -0.1) is 0 Å². The molecule has 124 valence electrons. The van der Waals surface area contributed by atoms with Gasteiger partial charge < -0.3 is 20.3 Å². The van der Waals surface area contributed by atoms with Crippen molar-refractivity contribution in [2.45, 2.75) is 32.4 Å². The minimum atomic E-state index is 0.122. The number of aromatic hydroxyl groups is 2. The third kappa shape index (κ3) is 5.15. The van der Waals surface area contributed by atoms with Crippen molar-refractivity contribution in [2.24, 2.45) is 0 Å². The van der Waals surface area contributed by atoms with Crippen molar-refractivity contribution in [1.82, 2.24) is 5.32 Å². The highest BCUT2D eigenvalue weighted by molar-refractivity contribution is 9.10. The summed E-state index contributed by atoms with van der Waals surface area (Å²) < 4.78 is 5.79. The average molecular weight is 380 g/mol. The Hall–Kier alpha value is -1.72. The molecule has 0 aliphatic heterocycles. The fourth-order valence-corrected chi connectivity index (χ4v) is 2.81. The van der Waals surface area contributed by atoms with Gasteiger partial charge in [-0.2, -0.15) is 0 Å². The molecule has 0 amide bonds. The Bertz CT molecular complexity index is 643. The summed E-state index contributed by atoms with van der Waals surface area (Å²) in [6.07, 6.45) is 1.96. The van der Waals surface area contributed by atoms with E-state index in [1.165, 1.54) is 5.56 Å². The highest BCUT2D eigenvalue weighted by Crippen LogP contribution is 2.35. The second-order valence-corrected chi connectivity index (χ2v) is 6.47. The predicted molar refractivity (Wildman–Crippen MR) is 95.1 cm³/mol. The zero-order valence-corrected chi connectivity index (χ0v) is 14.9. The zero-order chi connectivity index (χ0) is 16.8. The number of hydrogen-bond acceptors (Lipinski definition) is 4. The van der Waals surface area contributed by atoms with Gasteiger partial charge in [0.2, 0.25) is 0 Å². The molecule has 5 heteroatoms. The Morgan fingerprint density at radius 1 is 1.13 bits per heavy atom. The molecule has 2 aromatic rings. The molecule has 4 nitrogen and oxygen atoms in total. The van der Waals surface area contributed by atoms with E-state index in [1.807, 2.05) is 24.3 Å². The lowest BCUT2D eigenvalue weighted by atomic mass is 10.1. The number of benzene rings is 2. The number of hydrogen-bond donors (Lipinski definition) is 3. The van der Waals surface area contributed by atoms with E-state index < -0.39 is 0 Å². The first-order chi connectivity index (χ1) is 11.0. The number of ether oxygens (including phenoxy) is 1. The molecular formula is C18H22BrNO3. The Kier molecular flexibility index (Phi) is 6.30. The van der Waals surface area contributed by atoms with Crippen molar-refractivity contribution >= 4 is 15.9 Å². The third-order valence-electron chi connectivity index (χ3n) is 3.77. The van der Waals surface area contributed by atoms with Crippen molar-refractivity contribution in [3.05, 3.63) is 52.0 Å². The van der Waals surface area contributed by atoms with Gasteiger partial charge >= 0.3 is 0 Å². The smallest absolute Gasteiger partial charge is 0.172 e. The quantitative estimate of drug-likeness (QED) is 0.680. The van der Waals surface area contributed by atoms with Crippen LogP contribution in [0.3, 0.4) is 0 Å². The van der Waals surface area contributed by atoms with Gasteiger partial charge in [-0.3, -0.25) is 0 Å². The Labute approximate surface area is 145 Å². The van der Waals surface area contributed by atoms with Crippen molar-refractivity contribution < 1.29 is 14.9 Å². The molecule has 23 heavy (non-hydrogen) atoms. The van der Waals surface area contributed by atoms with Crippen molar-refractivity contribution in [3.8, 4) is 17.2 Å². The standard InChI is InChI=1S/C18H22BrNO3/c1-12(3-4-13-5-7-15(21)8-6-13)20-11-14-9-16(19)18(22)17(10-14)23-2/h5-10,12,20-22H,3-4,11H2,1-2H3. The number of phenols is 2. The van der Waals surface area contributed by atoms with Crippen molar-refractivity contribution in [2.75, 3.05) is 7.11 Å². The molecule has 0 fully saturated rings. The Morgan fingerprint density at radius 2 is 1.83 bits per heavy atom. The van der Waals surface area contributed by atoms with Crippen LogP contribution in [0.5, 0.6) is 17.2 Å². The average Bonchev–Trinajstić information content (AvgIpc) is 2.55. The van der Waals surface area contributed by atoms with E-state index in [0.717, 1.165) is 18.4 Å². The van der Waals surface area contributed by atoms with Crippen LogP contribution in [0.1, 0.15) is 24.5 Å². The molecule has 0 aromatic heterocycles. The van der Waals surface area contributed by atoms with Gasteiger partial charge in [-0.05, 0) is 71.1 Å². The highest BCUT2D eigenvalue weighted by atomic mass is 79.9. The van der Waals surface area contributed by atoms with E-state index in [-0.39, 0.29) is 5.75 Å². The lowest BCUT2D eigenvalue weighted by Crippen LogP contribution is -2.26. The Balaban J connectivity index is 1.85. The minimum absolute atomic E-state index is 0.122. The van der Waals surface area contributed by atoms with Crippen LogP contribution in [-0.2, 0) is 13.0 Å². The molecule has 0 spiro atoms. The molecule has 0 radical (unpaired) electrons. The molecule has 0 saturated heterocycles. The van der Waals surface area contributed by atoms with Gasteiger partial charge in [0.15, 0.2) is 11.5 Å². The second-order valence-electron chi connectivity index (χ2n) is 5.62. The van der Waals surface area contributed by atoms with E-state index in [2.05, 4.69) is 28.2 Å². The molecule has 1 unspecified atom stereocenters. The van der Waals surface area contributed by atoms with E-state index in [9.17, 15) is 10.2 Å². The summed E-state index contributed by atoms with van der Waals surface area (Å²) in [6.45, 7) is 2.85. The molecule has 0 bridgehead atoms. The predicted octanol–water partition coefficient (Wildman–Crippen LogP) is 3.98. The number of methoxy groups -OCH3 is 1. The van der Waals surface area contributed by atoms with Crippen molar-refractivity contribution in [3.63, 3.8) is 0 Å². The molecule has 2 rings (SSSR count). The van der Waals surface area contributed by atoms with Gasteiger partial charge in [0.05, 0.1) is 11.6 Å². The van der Waals surface area contributed by atoms with Crippen LogP contribution in [-0.4, -0.2) is 23.4 Å². The van der Waals surface area contributed by atoms with Crippen LogP contribution in [0.4, 0.5) is 0 Å². The van der Waals surface area contributed by atoms with E-state index in [0.29, 0.717) is 28.6 Å². The second kappa shape index (κ2) is 8.22. The van der Waals surface area contributed by atoms with Crippen molar-refractivity contribution in [1.29, 1.82) is 0 Å². The SMILES string of the molecule is COc1cc(CNC(C)CCc2ccc(O)cc2)cc(Br)c1O. The first-order valence-electron chi connectivity index (χ1n) is 7.56. The fraction of sp³-hybridized carbons (Fsp3) is 0.333. The largest absolute Gasteiger partial charge is 0.508 e. The number of aryl methyl sites for hydroxylation is 1. The van der Waals surface area contributed by atoms with Crippen LogP contribution in [0, 0.1) is 0 Å². The molecule has 3 N–H and O–H groups in total. The monoisotopic (exact) mass is 379 g/mol. The number of halogens is 1. The van der Waals surface area contributed by atoms with E-state index >= 15 is 0 Å². The number of phenolic OH excluding ortho intramolecular Hbond substituents is 2. The van der Waals surface area contributed by atoms with Gasteiger partial charge in [0.25, 0.3) is 0 Å². The Morgan fingerprint density at radius 3 is 2.48 bits per heavy atom. The summed E-state index contributed by atoms with van der Waals surface area (Å²) in [7, 11) is 1.54. The first-order valence-corrected chi connectivity index (χ1v) is 8.35. The lowest BCUT2D eigenvalue weighted by molar-refractivity contribution is 0.371. The summed E-state index contributed by atoms with van der Waals surface area (Å²) in [5.74, 6) is 0.885. The summed E-state index contributed by atoms with van der Waals surface area (Å²) in [5, 5.41) is 22.6. The molecule has 0 aliphatic carbocycles. The van der Waals surface area contributed by atoms with Crippen LogP contribution in [0.15, 0.2) is 40.9 Å². The molecule has 0 aliphatic rings. The van der Waals surface area contributed by atoms with Gasteiger partial charge in [0, 0.05) is 12.6 Å². The summed E-state index contributed by atoms with van der Waals surface area (Å²) in [5.41, 5.74) is 2.26. The summed E-state index contributed by atoms with van der Waals surface area (Å²) in [4.78, 5) is 0. The molecule has 1 atom stereocenters. The highest BCUT2D eigenvalue weighted by Gasteiger charge is 2.09. The third-order valence-corrected chi connectivity index (χ3v) is 4.37. The molecule has 0 heterocycles. The van der Waals surface area contributed by atoms with E-state index in [4.69, 9.17) is 4.74 Å². The van der Waals surface area contributed by atoms with E-state index in [1.54, 1.807) is 19.2 Å². The molecule has 0 saturated carbocycles. The molecule has 2 aromatic carbocycles. The summed E-state index contributed by atoms with van der Waals surface area (Å²) in [6, 6.07) is 11.4. The normalized spacial score (nSPS) is 12.1. The maximum atomic E-state index is 9.82. The van der Waals surface area contributed by atoms with Gasteiger partial charge in [0.1, 0.15) is 5.75 Å². The maximum Gasteiger partial charge on any atom is 0.172 e. The number of rotatable bonds is 7. The van der Waals surface area contributed by atoms with Gasteiger partial charge in [-0.25, -0.2) is 0 Å². The van der Waals surface area contributed by atoms with Crippen LogP contribution < -0.4 is 10.1 Å². The van der Waals surface area contributed by atoms with Crippen LogP contribution >= 0.6 is 15.9 Å². The zero-order valence-electron chi connectivity index (χ0n) is 13.3. The molecular weight excluding hydrogens is 358 g/mol. The maximum absolute atomic E-state index is 9.82. The fourth-order valence-electron chi connectivity index (χ4n) is 2.32. The topological polar surface area (TPSA) is 61.7 Å². The van der Waals surface area contributed by atoms with Crippen LogP contribution in [0.25, 0.3) is 0 Å².